The van der Waals surface area contributed by atoms with Crippen molar-refractivity contribution in [3.63, 3.8) is 0 Å². The van der Waals surface area contributed by atoms with Gasteiger partial charge in [0.05, 0.1) is 27.6 Å². The Bertz CT molecular complexity index is 2810. The molecule has 3 heterocycles. The van der Waals surface area contributed by atoms with Crippen molar-refractivity contribution < 1.29 is 4.42 Å². The van der Waals surface area contributed by atoms with Gasteiger partial charge in [-0.25, -0.2) is 9.97 Å². The molecule has 0 amide bonds. The lowest BCUT2D eigenvalue weighted by atomic mass is 10.00. The molecular formula is C42H25N3O. The molecule has 3 aromatic heterocycles. The van der Waals surface area contributed by atoms with Crippen molar-refractivity contribution >= 4 is 65.4 Å². The summed E-state index contributed by atoms with van der Waals surface area (Å²) < 4.78 is 8.80. The molecule has 4 heteroatoms. The molecule has 10 aromatic rings. The molecule has 0 aliphatic rings. The molecular weight excluding hydrogens is 562 g/mol. The van der Waals surface area contributed by atoms with Crippen LogP contribution in [0.15, 0.2) is 156 Å². The van der Waals surface area contributed by atoms with E-state index in [9.17, 15) is 0 Å². The lowest BCUT2D eigenvalue weighted by molar-refractivity contribution is 0.673. The summed E-state index contributed by atoms with van der Waals surface area (Å²) >= 11 is 0. The predicted octanol–water partition coefficient (Wildman–Crippen LogP) is 11.1. The third-order valence-corrected chi connectivity index (χ3v) is 9.20. The van der Waals surface area contributed by atoms with Gasteiger partial charge in [-0.2, -0.15) is 0 Å². The van der Waals surface area contributed by atoms with Crippen LogP contribution in [-0.4, -0.2) is 14.5 Å². The van der Waals surface area contributed by atoms with E-state index in [1.807, 2.05) is 30.3 Å². The number of rotatable bonds is 3. The van der Waals surface area contributed by atoms with Gasteiger partial charge >= 0.3 is 0 Å². The van der Waals surface area contributed by atoms with E-state index < -0.39 is 0 Å². The zero-order chi connectivity index (χ0) is 30.2. The van der Waals surface area contributed by atoms with Gasteiger partial charge in [0.2, 0.25) is 5.95 Å². The molecule has 7 aromatic carbocycles. The summed E-state index contributed by atoms with van der Waals surface area (Å²) in [5.74, 6) is 0.628. The van der Waals surface area contributed by atoms with Crippen LogP contribution in [-0.2, 0) is 0 Å². The first-order valence-corrected chi connectivity index (χ1v) is 15.5. The van der Waals surface area contributed by atoms with Crippen LogP contribution in [0.4, 0.5) is 0 Å². The first kappa shape index (κ1) is 25.1. The molecule has 0 unspecified atom stereocenters. The van der Waals surface area contributed by atoms with Crippen LogP contribution in [0.3, 0.4) is 0 Å². The summed E-state index contributed by atoms with van der Waals surface area (Å²) in [6.07, 6.45) is 0. The van der Waals surface area contributed by atoms with E-state index in [0.29, 0.717) is 5.95 Å². The van der Waals surface area contributed by atoms with Crippen molar-refractivity contribution in [3.8, 4) is 28.3 Å². The number of aromatic nitrogens is 3. The number of fused-ring (bicyclic) bond motifs is 9. The Morgan fingerprint density at radius 1 is 0.457 bits per heavy atom. The molecule has 10 rings (SSSR count). The first-order chi connectivity index (χ1) is 22.8. The van der Waals surface area contributed by atoms with Crippen molar-refractivity contribution in [3.05, 3.63) is 152 Å². The zero-order valence-corrected chi connectivity index (χ0v) is 24.7. The van der Waals surface area contributed by atoms with Gasteiger partial charge in [-0.1, -0.05) is 115 Å². The average Bonchev–Trinajstić information content (AvgIpc) is 3.66. The highest BCUT2D eigenvalue weighted by atomic mass is 16.3. The van der Waals surface area contributed by atoms with Gasteiger partial charge in [-0.15, -0.1) is 0 Å². The molecule has 46 heavy (non-hydrogen) atoms. The third kappa shape index (κ3) is 3.67. The predicted molar refractivity (Wildman–Crippen MR) is 190 cm³/mol. The SMILES string of the molecule is c1ccc(-c2nc(-n3c4cc(-c5ccc6ccccc6c5)ccc4c4c5oc6ccccc6c5ccc43)nc3ccccc23)cc1. The molecule has 0 N–H and O–H groups in total. The highest BCUT2D eigenvalue weighted by Gasteiger charge is 2.21. The van der Waals surface area contributed by atoms with Gasteiger partial charge in [-0.05, 0) is 58.3 Å². The van der Waals surface area contributed by atoms with Crippen molar-refractivity contribution in [2.45, 2.75) is 0 Å². The molecule has 0 aliphatic carbocycles. The van der Waals surface area contributed by atoms with E-state index in [-0.39, 0.29) is 0 Å². The number of nitrogens with zero attached hydrogens (tertiary/aromatic N) is 3. The van der Waals surface area contributed by atoms with E-state index in [1.165, 1.54) is 10.8 Å². The van der Waals surface area contributed by atoms with Crippen LogP contribution >= 0.6 is 0 Å². The topological polar surface area (TPSA) is 43.9 Å². The van der Waals surface area contributed by atoms with Crippen molar-refractivity contribution in [2.75, 3.05) is 0 Å². The van der Waals surface area contributed by atoms with Gasteiger partial charge in [0, 0.05) is 27.1 Å². The highest BCUT2D eigenvalue weighted by molar-refractivity contribution is 6.24. The maximum atomic E-state index is 6.60. The van der Waals surface area contributed by atoms with Crippen molar-refractivity contribution in [1.29, 1.82) is 0 Å². The smallest absolute Gasteiger partial charge is 0.235 e. The van der Waals surface area contributed by atoms with E-state index in [2.05, 4.69) is 126 Å². The Labute approximate surface area is 263 Å². The summed E-state index contributed by atoms with van der Waals surface area (Å²) in [6, 6.07) is 53.1. The molecule has 0 saturated carbocycles. The summed E-state index contributed by atoms with van der Waals surface area (Å²) in [4.78, 5) is 10.5. The van der Waals surface area contributed by atoms with Gasteiger partial charge < -0.3 is 4.42 Å². The second kappa shape index (κ2) is 9.62. The molecule has 0 saturated heterocycles. The molecule has 0 bridgehead atoms. The zero-order valence-electron chi connectivity index (χ0n) is 24.7. The summed E-state index contributed by atoms with van der Waals surface area (Å²) in [6.45, 7) is 0. The molecule has 0 aliphatic heterocycles. The first-order valence-electron chi connectivity index (χ1n) is 15.5. The third-order valence-electron chi connectivity index (χ3n) is 9.20. The Kier molecular flexibility index (Phi) is 5.25. The van der Waals surface area contributed by atoms with Gasteiger partial charge in [0.15, 0.2) is 0 Å². The standard InChI is InChI=1S/C42H25N3O/c1-2-11-27(12-3-1)40-33-15-6-8-16-35(33)43-42(44-40)45-36-23-22-32-31-14-7-9-17-38(31)46-41(32)39(36)34-21-20-30(25-37(34)45)29-19-18-26-10-4-5-13-28(26)24-29/h1-25H. The lowest BCUT2D eigenvalue weighted by Crippen LogP contribution is -2.03. The van der Waals surface area contributed by atoms with Crippen molar-refractivity contribution in [2.24, 2.45) is 0 Å². The number of para-hydroxylation sites is 2. The summed E-state index contributed by atoms with van der Waals surface area (Å²) in [7, 11) is 0. The van der Waals surface area contributed by atoms with Crippen LogP contribution in [0.2, 0.25) is 0 Å². The molecule has 214 valence electrons. The van der Waals surface area contributed by atoms with Gasteiger partial charge in [0.1, 0.15) is 11.2 Å². The van der Waals surface area contributed by atoms with Crippen LogP contribution < -0.4 is 0 Å². The molecule has 4 nitrogen and oxygen atoms in total. The normalized spacial score (nSPS) is 11.9. The Morgan fingerprint density at radius 2 is 1.17 bits per heavy atom. The lowest BCUT2D eigenvalue weighted by Gasteiger charge is -2.12. The second-order valence-electron chi connectivity index (χ2n) is 11.8. The quantitative estimate of drug-likeness (QED) is 0.207. The number of hydrogen-bond acceptors (Lipinski definition) is 3. The van der Waals surface area contributed by atoms with Crippen LogP contribution in [0, 0.1) is 0 Å². The minimum Gasteiger partial charge on any atom is -0.455 e. The molecule has 0 spiro atoms. The average molecular weight is 588 g/mol. The Hall–Kier alpha value is -6.26. The van der Waals surface area contributed by atoms with Crippen LogP contribution in [0.1, 0.15) is 0 Å². The fraction of sp³-hybridized carbons (Fsp3) is 0. The minimum atomic E-state index is 0.628. The molecule has 0 atom stereocenters. The fourth-order valence-corrected chi connectivity index (χ4v) is 7.03. The van der Waals surface area contributed by atoms with E-state index >= 15 is 0 Å². The van der Waals surface area contributed by atoms with E-state index in [1.54, 1.807) is 0 Å². The monoisotopic (exact) mass is 587 g/mol. The van der Waals surface area contributed by atoms with Crippen LogP contribution in [0.5, 0.6) is 0 Å². The Balaban J connectivity index is 1.33. The number of hydrogen-bond donors (Lipinski definition) is 0. The van der Waals surface area contributed by atoms with Crippen molar-refractivity contribution in [1.82, 2.24) is 14.5 Å². The van der Waals surface area contributed by atoms with E-state index in [4.69, 9.17) is 14.4 Å². The largest absolute Gasteiger partial charge is 0.455 e. The highest BCUT2D eigenvalue weighted by Crippen LogP contribution is 2.42. The molecule has 0 fully saturated rings. The molecule has 0 radical (unpaired) electrons. The maximum absolute atomic E-state index is 6.60. The number of furan rings is 1. The number of benzene rings is 7. The second-order valence-corrected chi connectivity index (χ2v) is 11.8. The summed E-state index contributed by atoms with van der Waals surface area (Å²) in [5, 5.41) is 7.84. The Morgan fingerprint density at radius 3 is 2.09 bits per heavy atom. The van der Waals surface area contributed by atoms with Gasteiger partial charge in [-0.3, -0.25) is 4.57 Å². The fourth-order valence-electron chi connectivity index (χ4n) is 7.03. The maximum Gasteiger partial charge on any atom is 0.235 e. The summed E-state index contributed by atoms with van der Waals surface area (Å²) in [5.41, 5.74) is 8.96. The van der Waals surface area contributed by atoms with Crippen LogP contribution in [0.25, 0.3) is 93.8 Å². The van der Waals surface area contributed by atoms with Gasteiger partial charge in [0.25, 0.3) is 0 Å². The van der Waals surface area contributed by atoms with E-state index in [0.717, 1.165) is 77.0 Å². The minimum absolute atomic E-state index is 0.628.